The van der Waals surface area contributed by atoms with E-state index in [4.69, 9.17) is 5.73 Å². The molecule has 4 nitrogen and oxygen atoms in total. The molecule has 0 aliphatic carbocycles. The molecular formula is C12H22N4. The van der Waals surface area contributed by atoms with Crippen LogP contribution in [-0.2, 0) is 0 Å². The van der Waals surface area contributed by atoms with Crippen molar-refractivity contribution in [3.8, 4) is 0 Å². The molecule has 0 spiro atoms. The summed E-state index contributed by atoms with van der Waals surface area (Å²) in [5, 5.41) is 3.30. The molecule has 1 heterocycles. The van der Waals surface area contributed by atoms with E-state index in [2.05, 4.69) is 36.1 Å². The van der Waals surface area contributed by atoms with Crippen LogP contribution >= 0.6 is 0 Å². The maximum absolute atomic E-state index is 5.57. The Labute approximate surface area is 97.7 Å². The van der Waals surface area contributed by atoms with E-state index >= 15 is 0 Å². The predicted octanol–water partition coefficient (Wildman–Crippen LogP) is 1.92. The molecule has 0 amide bonds. The molecule has 1 aromatic heterocycles. The number of hydrogen-bond acceptors (Lipinski definition) is 4. The second-order valence-electron chi connectivity index (χ2n) is 4.63. The molecule has 4 heteroatoms. The van der Waals surface area contributed by atoms with Gasteiger partial charge in [0.25, 0.3) is 0 Å². The molecule has 0 radical (unpaired) electrons. The van der Waals surface area contributed by atoms with Crippen LogP contribution in [0.4, 0.5) is 5.82 Å². The van der Waals surface area contributed by atoms with Crippen molar-refractivity contribution >= 4 is 5.82 Å². The molecule has 0 fully saturated rings. The largest absolute Gasteiger partial charge is 0.370 e. The normalized spacial score (nSPS) is 12.9. The van der Waals surface area contributed by atoms with Gasteiger partial charge in [0.05, 0.1) is 0 Å². The zero-order valence-electron chi connectivity index (χ0n) is 10.6. The van der Waals surface area contributed by atoms with Crippen LogP contribution in [0.2, 0.25) is 0 Å². The molecule has 1 atom stereocenters. The van der Waals surface area contributed by atoms with E-state index in [1.165, 1.54) is 0 Å². The summed E-state index contributed by atoms with van der Waals surface area (Å²) in [7, 11) is 0. The van der Waals surface area contributed by atoms with Gasteiger partial charge in [-0.3, -0.25) is 0 Å². The Bertz CT molecular complexity index is 336. The second-order valence-corrected chi connectivity index (χ2v) is 4.63. The van der Waals surface area contributed by atoms with Crippen molar-refractivity contribution in [2.24, 2.45) is 11.7 Å². The summed E-state index contributed by atoms with van der Waals surface area (Å²) < 4.78 is 0. The number of aromatic nitrogens is 2. The summed E-state index contributed by atoms with van der Waals surface area (Å²) in [5.41, 5.74) is 6.57. The third-order valence-corrected chi connectivity index (χ3v) is 2.42. The van der Waals surface area contributed by atoms with E-state index in [9.17, 15) is 0 Å². The van der Waals surface area contributed by atoms with Gasteiger partial charge < -0.3 is 11.1 Å². The summed E-state index contributed by atoms with van der Waals surface area (Å²) in [6.45, 7) is 9.84. The highest BCUT2D eigenvalue weighted by Gasteiger charge is 2.06. The third-order valence-electron chi connectivity index (χ3n) is 2.42. The molecule has 0 bridgehead atoms. The van der Waals surface area contributed by atoms with Crippen LogP contribution in [0.25, 0.3) is 0 Å². The highest BCUT2D eigenvalue weighted by Crippen LogP contribution is 2.13. The zero-order valence-corrected chi connectivity index (χ0v) is 10.6. The number of anilines is 1. The van der Waals surface area contributed by atoms with Crippen molar-refractivity contribution in [2.45, 2.75) is 33.6 Å². The van der Waals surface area contributed by atoms with Crippen LogP contribution in [0.3, 0.4) is 0 Å². The quantitative estimate of drug-likeness (QED) is 0.799. The Morgan fingerprint density at radius 2 is 2.00 bits per heavy atom. The first-order valence-electron chi connectivity index (χ1n) is 5.82. The fourth-order valence-electron chi connectivity index (χ4n) is 1.30. The van der Waals surface area contributed by atoms with Crippen molar-refractivity contribution < 1.29 is 0 Å². The fourth-order valence-corrected chi connectivity index (χ4v) is 1.30. The van der Waals surface area contributed by atoms with Crippen LogP contribution < -0.4 is 11.1 Å². The maximum Gasteiger partial charge on any atom is 0.133 e. The first-order valence-corrected chi connectivity index (χ1v) is 5.82. The lowest BCUT2D eigenvalue weighted by molar-refractivity contribution is 0.626. The van der Waals surface area contributed by atoms with Gasteiger partial charge in [-0.15, -0.1) is 0 Å². The molecule has 16 heavy (non-hydrogen) atoms. The number of nitrogens with zero attached hydrogens (tertiary/aromatic N) is 2. The van der Waals surface area contributed by atoms with Crippen LogP contribution in [0.1, 0.15) is 38.2 Å². The van der Waals surface area contributed by atoms with E-state index in [0.29, 0.717) is 18.4 Å². The van der Waals surface area contributed by atoms with Crippen molar-refractivity contribution in [3.05, 3.63) is 17.6 Å². The third kappa shape index (κ3) is 3.77. The maximum atomic E-state index is 5.57. The lowest BCUT2D eigenvalue weighted by atomic mass is 10.2. The minimum Gasteiger partial charge on any atom is -0.370 e. The summed E-state index contributed by atoms with van der Waals surface area (Å²) in [6, 6.07) is 1.97. The zero-order chi connectivity index (χ0) is 12.1. The molecule has 0 aliphatic heterocycles. The minimum atomic E-state index is 0.354. The highest BCUT2D eigenvalue weighted by molar-refractivity contribution is 5.36. The number of hydrogen-bond donors (Lipinski definition) is 2. The molecule has 1 unspecified atom stereocenters. The lowest BCUT2D eigenvalue weighted by Crippen LogP contribution is -2.20. The van der Waals surface area contributed by atoms with Gasteiger partial charge in [0.1, 0.15) is 11.6 Å². The standard InChI is InChI=1S/C12H22N4/c1-8(2)12-15-10(4)5-11(16-12)14-7-9(3)6-13/h5,8-9H,6-7,13H2,1-4H3,(H,14,15,16). The van der Waals surface area contributed by atoms with Gasteiger partial charge >= 0.3 is 0 Å². The molecular weight excluding hydrogens is 200 g/mol. The molecule has 0 aliphatic rings. The Hall–Kier alpha value is -1.16. The van der Waals surface area contributed by atoms with Gasteiger partial charge in [-0.25, -0.2) is 9.97 Å². The Morgan fingerprint density at radius 3 is 2.56 bits per heavy atom. The van der Waals surface area contributed by atoms with E-state index < -0.39 is 0 Å². The Balaban J connectivity index is 2.72. The van der Waals surface area contributed by atoms with E-state index in [1.807, 2.05) is 13.0 Å². The van der Waals surface area contributed by atoms with Gasteiger partial charge in [0.15, 0.2) is 0 Å². The molecule has 1 rings (SSSR count). The molecule has 90 valence electrons. The number of nitrogens with two attached hydrogens (primary N) is 1. The summed E-state index contributed by atoms with van der Waals surface area (Å²) in [6.07, 6.45) is 0. The molecule has 0 saturated carbocycles. The predicted molar refractivity (Wildman–Crippen MR) is 67.6 cm³/mol. The van der Waals surface area contributed by atoms with Crippen molar-refractivity contribution in [1.29, 1.82) is 0 Å². The van der Waals surface area contributed by atoms with Gasteiger partial charge in [-0.2, -0.15) is 0 Å². The number of aryl methyl sites for hydroxylation is 1. The average Bonchev–Trinajstić information content (AvgIpc) is 2.25. The van der Waals surface area contributed by atoms with Crippen LogP contribution in [-0.4, -0.2) is 23.1 Å². The van der Waals surface area contributed by atoms with Crippen molar-refractivity contribution in [2.75, 3.05) is 18.4 Å². The Morgan fingerprint density at radius 1 is 1.31 bits per heavy atom. The summed E-state index contributed by atoms with van der Waals surface area (Å²) >= 11 is 0. The fraction of sp³-hybridized carbons (Fsp3) is 0.667. The van der Waals surface area contributed by atoms with Crippen LogP contribution in [0.15, 0.2) is 6.07 Å². The van der Waals surface area contributed by atoms with E-state index in [-0.39, 0.29) is 0 Å². The van der Waals surface area contributed by atoms with E-state index in [0.717, 1.165) is 23.9 Å². The van der Waals surface area contributed by atoms with Crippen LogP contribution in [0, 0.1) is 12.8 Å². The molecule has 1 aromatic rings. The summed E-state index contributed by atoms with van der Waals surface area (Å²) in [5.74, 6) is 2.60. The monoisotopic (exact) mass is 222 g/mol. The summed E-state index contributed by atoms with van der Waals surface area (Å²) in [4.78, 5) is 8.88. The first kappa shape index (κ1) is 12.9. The van der Waals surface area contributed by atoms with Gasteiger partial charge in [0, 0.05) is 24.2 Å². The van der Waals surface area contributed by atoms with Crippen LogP contribution in [0.5, 0.6) is 0 Å². The number of nitrogens with one attached hydrogen (secondary N) is 1. The van der Waals surface area contributed by atoms with E-state index in [1.54, 1.807) is 0 Å². The smallest absolute Gasteiger partial charge is 0.133 e. The number of rotatable bonds is 5. The molecule has 0 saturated heterocycles. The van der Waals surface area contributed by atoms with Crippen molar-refractivity contribution in [3.63, 3.8) is 0 Å². The lowest BCUT2D eigenvalue weighted by Gasteiger charge is -2.13. The SMILES string of the molecule is Cc1cc(NCC(C)CN)nc(C(C)C)n1. The first-order chi connectivity index (χ1) is 7.52. The van der Waals surface area contributed by atoms with Crippen molar-refractivity contribution in [1.82, 2.24) is 9.97 Å². The van der Waals surface area contributed by atoms with Gasteiger partial charge in [-0.1, -0.05) is 20.8 Å². The topological polar surface area (TPSA) is 63.8 Å². The average molecular weight is 222 g/mol. The Kier molecular flexibility index (Phi) is 4.68. The highest BCUT2D eigenvalue weighted by atomic mass is 15.0. The van der Waals surface area contributed by atoms with Gasteiger partial charge in [0.2, 0.25) is 0 Å². The molecule has 0 aromatic carbocycles. The van der Waals surface area contributed by atoms with Gasteiger partial charge in [-0.05, 0) is 19.4 Å². The minimum absolute atomic E-state index is 0.354. The second kappa shape index (κ2) is 5.80. The molecule has 3 N–H and O–H groups in total.